The van der Waals surface area contributed by atoms with Crippen LogP contribution in [0.5, 0.6) is 0 Å². The maximum Gasteiger partial charge on any atom is 0.220 e. The monoisotopic (exact) mass is 250 g/mol. The van der Waals surface area contributed by atoms with Gasteiger partial charge in [0.15, 0.2) is 0 Å². The van der Waals surface area contributed by atoms with E-state index in [1.165, 1.54) is 0 Å². The summed E-state index contributed by atoms with van der Waals surface area (Å²) in [5.74, 6) is -0.0857. The number of rotatable bonds is 2. The first-order valence-corrected chi connectivity index (χ1v) is 6.43. The Labute approximate surface area is 107 Å². The van der Waals surface area contributed by atoms with Gasteiger partial charge in [-0.15, -0.1) is 0 Å². The standard InChI is InChI=1S/C14H19FN2O/c1-16-10-14(6-5-13(18)17-8-7-14)11-3-2-4-12(15)9-11/h4,9-10H,2-3,5-8H2,1H3,(H,17,18). The molecule has 18 heavy (non-hydrogen) atoms. The molecule has 4 heteroatoms. The zero-order chi connectivity index (χ0) is 13.0. The molecule has 1 unspecified atom stereocenters. The molecule has 1 atom stereocenters. The van der Waals surface area contributed by atoms with E-state index in [1.54, 1.807) is 19.2 Å². The quantitative estimate of drug-likeness (QED) is 0.752. The van der Waals surface area contributed by atoms with E-state index in [4.69, 9.17) is 0 Å². The molecule has 3 nitrogen and oxygen atoms in total. The molecule has 0 aromatic heterocycles. The molecule has 0 saturated carbocycles. The van der Waals surface area contributed by atoms with Crippen LogP contribution in [-0.4, -0.2) is 25.7 Å². The molecule has 0 aromatic carbocycles. The highest BCUT2D eigenvalue weighted by molar-refractivity contribution is 5.79. The van der Waals surface area contributed by atoms with Crippen molar-refractivity contribution >= 4 is 12.1 Å². The molecule has 98 valence electrons. The zero-order valence-corrected chi connectivity index (χ0v) is 10.7. The summed E-state index contributed by atoms with van der Waals surface area (Å²) in [7, 11) is 1.73. The number of carbonyl (C=O) groups is 1. The minimum atomic E-state index is -0.250. The Hall–Kier alpha value is -1.45. The Bertz CT molecular complexity index is 426. The number of amides is 1. The van der Waals surface area contributed by atoms with Crippen LogP contribution in [0.1, 0.15) is 32.1 Å². The Morgan fingerprint density at radius 3 is 3.00 bits per heavy atom. The van der Waals surface area contributed by atoms with Crippen molar-refractivity contribution in [1.82, 2.24) is 5.32 Å². The highest BCUT2D eigenvalue weighted by atomic mass is 19.1. The van der Waals surface area contributed by atoms with Crippen LogP contribution >= 0.6 is 0 Å². The van der Waals surface area contributed by atoms with Gasteiger partial charge < -0.3 is 5.32 Å². The number of aliphatic imine (C=N–C) groups is 1. The normalized spacial score (nSPS) is 29.6. The van der Waals surface area contributed by atoms with E-state index in [2.05, 4.69) is 10.3 Å². The highest BCUT2D eigenvalue weighted by Crippen LogP contribution is 2.40. The number of nitrogens with one attached hydrogen (secondary N) is 1. The maximum absolute atomic E-state index is 13.4. The first kappa shape index (κ1) is 13.0. The molecule has 2 aliphatic rings. The molecule has 1 aliphatic heterocycles. The molecular weight excluding hydrogens is 231 g/mol. The smallest absolute Gasteiger partial charge is 0.220 e. The van der Waals surface area contributed by atoms with Gasteiger partial charge in [0.05, 0.1) is 0 Å². The SMILES string of the molecule is CN=CC1(C2=CC(F)=CCC2)CCNC(=O)CC1. The van der Waals surface area contributed by atoms with Gasteiger partial charge in [-0.3, -0.25) is 9.79 Å². The molecule has 1 saturated heterocycles. The Morgan fingerprint density at radius 2 is 2.28 bits per heavy atom. The number of nitrogens with zero attached hydrogens (tertiary/aromatic N) is 1. The third-order valence-corrected chi connectivity index (χ3v) is 3.77. The summed E-state index contributed by atoms with van der Waals surface area (Å²) in [4.78, 5) is 15.6. The average molecular weight is 250 g/mol. The number of allylic oxidation sites excluding steroid dienone is 4. The largest absolute Gasteiger partial charge is 0.356 e. The van der Waals surface area contributed by atoms with Crippen molar-refractivity contribution in [2.45, 2.75) is 32.1 Å². The van der Waals surface area contributed by atoms with Gasteiger partial charge in [0, 0.05) is 31.6 Å². The van der Waals surface area contributed by atoms with Crippen LogP contribution in [0.25, 0.3) is 0 Å². The third kappa shape index (κ3) is 2.68. The van der Waals surface area contributed by atoms with Crippen molar-refractivity contribution in [1.29, 1.82) is 0 Å². The van der Waals surface area contributed by atoms with E-state index in [0.29, 0.717) is 13.0 Å². The van der Waals surface area contributed by atoms with Crippen molar-refractivity contribution in [2.75, 3.05) is 13.6 Å². The minimum absolute atomic E-state index is 0.0776. The van der Waals surface area contributed by atoms with E-state index >= 15 is 0 Å². The fraction of sp³-hybridized carbons (Fsp3) is 0.571. The minimum Gasteiger partial charge on any atom is -0.356 e. The molecular formula is C14H19FN2O. The fourth-order valence-corrected chi connectivity index (χ4v) is 2.81. The fourth-order valence-electron chi connectivity index (χ4n) is 2.81. The summed E-state index contributed by atoms with van der Waals surface area (Å²) < 4.78 is 13.4. The van der Waals surface area contributed by atoms with E-state index in [1.807, 2.05) is 6.21 Å². The van der Waals surface area contributed by atoms with Crippen LogP contribution in [0.15, 0.2) is 28.5 Å². The van der Waals surface area contributed by atoms with Crippen LogP contribution in [0, 0.1) is 5.41 Å². The lowest BCUT2D eigenvalue weighted by Crippen LogP contribution is -2.28. The van der Waals surface area contributed by atoms with Gasteiger partial charge in [-0.1, -0.05) is 5.57 Å². The second kappa shape index (κ2) is 5.46. The van der Waals surface area contributed by atoms with Crippen molar-refractivity contribution in [3.05, 3.63) is 23.6 Å². The van der Waals surface area contributed by atoms with Crippen molar-refractivity contribution in [3.8, 4) is 0 Å². The molecule has 1 heterocycles. The molecule has 1 N–H and O–H groups in total. The lowest BCUT2D eigenvalue weighted by atomic mass is 9.72. The number of carbonyl (C=O) groups excluding carboxylic acids is 1. The summed E-state index contributed by atoms with van der Waals surface area (Å²) >= 11 is 0. The molecule has 1 fully saturated rings. The van der Waals surface area contributed by atoms with Crippen LogP contribution in [-0.2, 0) is 4.79 Å². The van der Waals surface area contributed by atoms with Gasteiger partial charge >= 0.3 is 0 Å². The average Bonchev–Trinajstić information content (AvgIpc) is 2.53. The zero-order valence-electron chi connectivity index (χ0n) is 10.7. The highest BCUT2D eigenvalue weighted by Gasteiger charge is 2.35. The molecule has 0 bridgehead atoms. The van der Waals surface area contributed by atoms with Crippen molar-refractivity contribution in [2.24, 2.45) is 10.4 Å². The summed E-state index contributed by atoms with van der Waals surface area (Å²) in [6, 6.07) is 0. The lowest BCUT2D eigenvalue weighted by molar-refractivity contribution is -0.120. The Kier molecular flexibility index (Phi) is 3.94. The Morgan fingerprint density at radius 1 is 1.44 bits per heavy atom. The van der Waals surface area contributed by atoms with E-state index in [0.717, 1.165) is 31.3 Å². The van der Waals surface area contributed by atoms with Gasteiger partial charge in [0.2, 0.25) is 5.91 Å². The van der Waals surface area contributed by atoms with Gasteiger partial charge in [-0.2, -0.15) is 0 Å². The Balaban J connectivity index is 2.31. The van der Waals surface area contributed by atoms with Crippen LogP contribution in [0.2, 0.25) is 0 Å². The molecule has 2 rings (SSSR count). The topological polar surface area (TPSA) is 41.5 Å². The lowest BCUT2D eigenvalue weighted by Gasteiger charge is -2.32. The van der Waals surface area contributed by atoms with E-state index < -0.39 is 0 Å². The summed E-state index contributed by atoms with van der Waals surface area (Å²) in [6.45, 7) is 0.632. The van der Waals surface area contributed by atoms with Gasteiger partial charge in [-0.05, 0) is 37.8 Å². The van der Waals surface area contributed by atoms with Crippen molar-refractivity contribution in [3.63, 3.8) is 0 Å². The second-order valence-corrected chi connectivity index (χ2v) is 4.94. The third-order valence-electron chi connectivity index (χ3n) is 3.77. The molecule has 1 amide bonds. The number of hydrogen-bond acceptors (Lipinski definition) is 2. The first-order valence-electron chi connectivity index (χ1n) is 6.43. The second-order valence-electron chi connectivity index (χ2n) is 4.94. The predicted octanol–water partition coefficient (Wildman–Crippen LogP) is 2.55. The van der Waals surface area contributed by atoms with Crippen LogP contribution < -0.4 is 5.32 Å². The molecule has 0 aromatic rings. The summed E-state index contributed by atoms with van der Waals surface area (Å²) in [6.07, 6.45) is 8.73. The molecule has 0 radical (unpaired) electrons. The molecule has 0 spiro atoms. The van der Waals surface area contributed by atoms with Crippen LogP contribution in [0.4, 0.5) is 4.39 Å². The summed E-state index contributed by atoms with van der Waals surface area (Å²) in [5.41, 5.74) is 0.823. The first-order chi connectivity index (χ1) is 8.66. The van der Waals surface area contributed by atoms with Crippen LogP contribution in [0.3, 0.4) is 0 Å². The predicted molar refractivity (Wildman–Crippen MR) is 70.2 cm³/mol. The number of halogens is 1. The molecule has 1 aliphatic carbocycles. The summed E-state index contributed by atoms with van der Waals surface area (Å²) in [5, 5.41) is 2.87. The maximum atomic E-state index is 13.4. The van der Waals surface area contributed by atoms with Crippen molar-refractivity contribution < 1.29 is 9.18 Å². The van der Waals surface area contributed by atoms with Gasteiger partial charge in [0.25, 0.3) is 0 Å². The van der Waals surface area contributed by atoms with E-state index in [9.17, 15) is 9.18 Å². The van der Waals surface area contributed by atoms with Gasteiger partial charge in [-0.25, -0.2) is 4.39 Å². The number of hydrogen-bond donors (Lipinski definition) is 1. The van der Waals surface area contributed by atoms with E-state index in [-0.39, 0.29) is 17.1 Å². The van der Waals surface area contributed by atoms with Gasteiger partial charge in [0.1, 0.15) is 5.83 Å².